The Morgan fingerprint density at radius 2 is 2.10 bits per heavy atom. The first kappa shape index (κ1) is 14.2. The molecule has 0 saturated heterocycles. The van der Waals surface area contributed by atoms with E-state index in [0.29, 0.717) is 18.2 Å². The van der Waals surface area contributed by atoms with Crippen LogP contribution in [0.3, 0.4) is 0 Å². The third kappa shape index (κ3) is 3.23. The fourth-order valence-electron chi connectivity index (χ4n) is 1.89. The summed E-state index contributed by atoms with van der Waals surface area (Å²) in [7, 11) is 3.56. The van der Waals surface area contributed by atoms with E-state index < -0.39 is 0 Å². The molecule has 0 aliphatic heterocycles. The molecule has 20 heavy (non-hydrogen) atoms. The van der Waals surface area contributed by atoms with Gasteiger partial charge < -0.3 is 15.1 Å². The predicted molar refractivity (Wildman–Crippen MR) is 79.8 cm³/mol. The minimum atomic E-state index is 0.337. The van der Waals surface area contributed by atoms with Gasteiger partial charge in [0.15, 0.2) is 5.82 Å². The zero-order chi connectivity index (χ0) is 14.5. The molecule has 1 heterocycles. The van der Waals surface area contributed by atoms with Gasteiger partial charge in [0.25, 0.3) is 0 Å². The molecule has 2 rings (SSSR count). The van der Waals surface area contributed by atoms with E-state index in [1.54, 1.807) is 13.2 Å². The molecule has 0 atom stereocenters. The van der Waals surface area contributed by atoms with Gasteiger partial charge in [0.05, 0.1) is 0 Å². The Hall–Kier alpha value is -2.18. The van der Waals surface area contributed by atoms with Crippen LogP contribution in [0.15, 0.2) is 30.3 Å². The molecule has 0 amide bonds. The highest BCUT2D eigenvalue weighted by molar-refractivity contribution is 5.62. The summed E-state index contributed by atoms with van der Waals surface area (Å²) in [6.45, 7) is 2.39. The number of nitrogens with zero attached hydrogens (tertiary/aromatic N) is 3. The zero-order valence-corrected chi connectivity index (χ0v) is 11.9. The lowest BCUT2D eigenvalue weighted by atomic mass is 10.2. The number of aromatic nitrogens is 2. The second-order valence-corrected chi connectivity index (χ2v) is 4.50. The van der Waals surface area contributed by atoms with E-state index in [1.807, 2.05) is 24.1 Å². The number of methoxy groups -OCH3 is 1. The standard InChI is InChI=1S/C14H19N5O/c1-10-5-4-6-11(7-10)19(2)14-8-12(18-15)16-13(17-14)9-20-3/h4-8H,9,15H2,1-3H3,(H,16,17,18). The van der Waals surface area contributed by atoms with E-state index in [4.69, 9.17) is 10.6 Å². The van der Waals surface area contributed by atoms with Crippen molar-refractivity contribution in [2.75, 3.05) is 24.5 Å². The minimum Gasteiger partial charge on any atom is -0.377 e. The molecule has 0 saturated carbocycles. The van der Waals surface area contributed by atoms with Gasteiger partial charge >= 0.3 is 0 Å². The van der Waals surface area contributed by atoms with Crippen molar-refractivity contribution in [3.63, 3.8) is 0 Å². The zero-order valence-electron chi connectivity index (χ0n) is 11.9. The van der Waals surface area contributed by atoms with Crippen LogP contribution in [0.2, 0.25) is 0 Å². The molecule has 0 spiro atoms. The summed E-state index contributed by atoms with van der Waals surface area (Å²) < 4.78 is 5.07. The largest absolute Gasteiger partial charge is 0.377 e. The van der Waals surface area contributed by atoms with Crippen molar-refractivity contribution in [3.05, 3.63) is 41.7 Å². The Morgan fingerprint density at radius 3 is 2.75 bits per heavy atom. The first-order valence-electron chi connectivity index (χ1n) is 6.28. The lowest BCUT2D eigenvalue weighted by Crippen LogP contribution is -2.16. The third-order valence-electron chi connectivity index (χ3n) is 2.91. The lowest BCUT2D eigenvalue weighted by molar-refractivity contribution is 0.178. The van der Waals surface area contributed by atoms with E-state index in [-0.39, 0.29) is 0 Å². The number of aryl methyl sites for hydroxylation is 1. The van der Waals surface area contributed by atoms with Gasteiger partial charge in [0.2, 0.25) is 0 Å². The Kier molecular flexibility index (Phi) is 4.49. The van der Waals surface area contributed by atoms with Crippen LogP contribution in [0.25, 0.3) is 0 Å². The van der Waals surface area contributed by atoms with E-state index in [0.717, 1.165) is 11.5 Å². The molecule has 1 aromatic heterocycles. The van der Waals surface area contributed by atoms with Crippen molar-refractivity contribution in [2.45, 2.75) is 13.5 Å². The van der Waals surface area contributed by atoms with Crippen molar-refractivity contribution < 1.29 is 4.74 Å². The quantitative estimate of drug-likeness (QED) is 0.641. The molecule has 6 nitrogen and oxygen atoms in total. The number of hydrogen-bond acceptors (Lipinski definition) is 6. The average Bonchev–Trinajstić information content (AvgIpc) is 2.46. The summed E-state index contributed by atoms with van der Waals surface area (Å²) in [6, 6.07) is 9.98. The van der Waals surface area contributed by atoms with Crippen LogP contribution < -0.4 is 16.2 Å². The first-order valence-corrected chi connectivity index (χ1v) is 6.28. The lowest BCUT2D eigenvalue weighted by Gasteiger charge is -2.20. The van der Waals surface area contributed by atoms with Gasteiger partial charge in [-0.25, -0.2) is 15.8 Å². The van der Waals surface area contributed by atoms with Crippen molar-refractivity contribution in [1.82, 2.24) is 9.97 Å². The van der Waals surface area contributed by atoms with Crippen molar-refractivity contribution in [1.29, 1.82) is 0 Å². The van der Waals surface area contributed by atoms with Crippen LogP contribution in [-0.2, 0) is 11.3 Å². The fraction of sp³-hybridized carbons (Fsp3) is 0.286. The number of anilines is 3. The maximum absolute atomic E-state index is 5.45. The number of hydrogen-bond donors (Lipinski definition) is 2. The monoisotopic (exact) mass is 273 g/mol. The maximum atomic E-state index is 5.45. The smallest absolute Gasteiger partial charge is 0.158 e. The third-order valence-corrected chi connectivity index (χ3v) is 2.91. The highest BCUT2D eigenvalue weighted by atomic mass is 16.5. The molecular weight excluding hydrogens is 254 g/mol. The van der Waals surface area contributed by atoms with Gasteiger partial charge in [-0.2, -0.15) is 0 Å². The van der Waals surface area contributed by atoms with Gasteiger partial charge in [-0.3, -0.25) is 0 Å². The van der Waals surface area contributed by atoms with Crippen LogP contribution in [0.5, 0.6) is 0 Å². The Labute approximate surface area is 118 Å². The molecule has 0 radical (unpaired) electrons. The van der Waals surface area contributed by atoms with Crippen molar-refractivity contribution in [3.8, 4) is 0 Å². The predicted octanol–water partition coefficient (Wildman–Crippen LogP) is 1.98. The normalized spacial score (nSPS) is 10.4. The highest BCUT2D eigenvalue weighted by Gasteiger charge is 2.10. The van der Waals surface area contributed by atoms with Crippen molar-refractivity contribution >= 4 is 17.3 Å². The average molecular weight is 273 g/mol. The van der Waals surface area contributed by atoms with E-state index in [9.17, 15) is 0 Å². The summed E-state index contributed by atoms with van der Waals surface area (Å²) in [6.07, 6.45) is 0. The molecule has 1 aromatic carbocycles. The first-order chi connectivity index (χ1) is 9.63. The van der Waals surface area contributed by atoms with Gasteiger partial charge in [-0.1, -0.05) is 12.1 Å². The molecule has 6 heteroatoms. The minimum absolute atomic E-state index is 0.337. The summed E-state index contributed by atoms with van der Waals surface area (Å²) in [5.41, 5.74) is 4.79. The number of benzene rings is 1. The summed E-state index contributed by atoms with van der Waals surface area (Å²) >= 11 is 0. The Morgan fingerprint density at radius 1 is 1.30 bits per heavy atom. The molecule has 3 N–H and O–H groups in total. The molecule has 2 aromatic rings. The second kappa shape index (κ2) is 6.31. The molecule has 0 aliphatic rings. The number of rotatable bonds is 5. The Bertz CT molecular complexity index is 588. The molecule has 0 aliphatic carbocycles. The summed E-state index contributed by atoms with van der Waals surface area (Å²) in [5, 5.41) is 0. The summed E-state index contributed by atoms with van der Waals surface area (Å²) in [4.78, 5) is 10.7. The second-order valence-electron chi connectivity index (χ2n) is 4.50. The van der Waals surface area contributed by atoms with Crippen LogP contribution in [0, 0.1) is 6.92 Å². The van der Waals surface area contributed by atoms with E-state index in [1.165, 1.54) is 5.56 Å². The maximum Gasteiger partial charge on any atom is 0.158 e. The topological polar surface area (TPSA) is 76.3 Å². The number of nitrogen functional groups attached to an aromatic ring is 1. The van der Waals surface area contributed by atoms with Gasteiger partial charge in [-0.15, -0.1) is 0 Å². The van der Waals surface area contributed by atoms with E-state index in [2.05, 4.69) is 34.5 Å². The van der Waals surface area contributed by atoms with Crippen LogP contribution in [0.1, 0.15) is 11.4 Å². The Balaban J connectivity index is 2.37. The fourth-order valence-corrected chi connectivity index (χ4v) is 1.89. The number of ether oxygens (including phenoxy) is 1. The molecule has 0 fully saturated rings. The van der Waals surface area contributed by atoms with E-state index >= 15 is 0 Å². The molecule has 106 valence electrons. The summed E-state index contributed by atoms with van der Waals surface area (Å²) in [5.74, 6) is 7.34. The molecule has 0 unspecified atom stereocenters. The number of nitrogens with one attached hydrogen (secondary N) is 1. The number of hydrazine groups is 1. The molecule has 0 bridgehead atoms. The van der Waals surface area contributed by atoms with Gasteiger partial charge in [0.1, 0.15) is 18.2 Å². The molecular formula is C14H19N5O. The van der Waals surface area contributed by atoms with Crippen LogP contribution >= 0.6 is 0 Å². The van der Waals surface area contributed by atoms with Gasteiger partial charge in [0, 0.05) is 25.9 Å². The van der Waals surface area contributed by atoms with Gasteiger partial charge in [-0.05, 0) is 24.6 Å². The van der Waals surface area contributed by atoms with Crippen LogP contribution in [0.4, 0.5) is 17.3 Å². The SMILES string of the molecule is COCc1nc(NN)cc(N(C)c2cccc(C)c2)n1. The number of nitrogens with two attached hydrogens (primary N) is 1. The van der Waals surface area contributed by atoms with Crippen LogP contribution in [-0.4, -0.2) is 24.1 Å². The van der Waals surface area contributed by atoms with Crippen molar-refractivity contribution in [2.24, 2.45) is 5.84 Å². The highest BCUT2D eigenvalue weighted by Crippen LogP contribution is 2.24.